The lowest BCUT2D eigenvalue weighted by Crippen LogP contribution is -2.46. The minimum atomic E-state index is -0.211. The molecular formula is C26H27N5O3S. The van der Waals surface area contributed by atoms with E-state index in [9.17, 15) is 4.79 Å². The number of methoxy groups -OCH3 is 2. The zero-order valence-corrected chi connectivity index (χ0v) is 20.8. The summed E-state index contributed by atoms with van der Waals surface area (Å²) in [4.78, 5) is 28.5. The number of rotatable bonds is 6. The maximum Gasteiger partial charge on any atom is 0.266 e. The van der Waals surface area contributed by atoms with Gasteiger partial charge in [0, 0.05) is 37.9 Å². The van der Waals surface area contributed by atoms with Crippen LogP contribution in [0.1, 0.15) is 15.2 Å². The van der Waals surface area contributed by atoms with E-state index in [2.05, 4.69) is 49.4 Å². The third kappa shape index (κ3) is 4.46. The number of aromatic nitrogens is 2. The molecule has 1 fully saturated rings. The largest absolute Gasteiger partial charge is 0.497 e. The average molecular weight is 490 g/mol. The van der Waals surface area contributed by atoms with Crippen LogP contribution in [0.15, 0.2) is 54.9 Å². The molecule has 1 aliphatic heterocycles. The normalized spacial score (nSPS) is 13.7. The van der Waals surface area contributed by atoms with Gasteiger partial charge in [-0.05, 0) is 36.8 Å². The number of benzene rings is 2. The number of ether oxygens (including phenoxy) is 2. The Morgan fingerprint density at radius 2 is 1.71 bits per heavy atom. The highest BCUT2D eigenvalue weighted by molar-refractivity contribution is 7.20. The summed E-state index contributed by atoms with van der Waals surface area (Å²) in [5, 5.41) is 3.91. The number of carbonyl (C=O) groups excluding carboxylic acids is 1. The smallest absolute Gasteiger partial charge is 0.266 e. The number of aryl methyl sites for hydroxylation is 1. The highest BCUT2D eigenvalue weighted by atomic mass is 32.1. The molecule has 0 radical (unpaired) electrons. The van der Waals surface area contributed by atoms with Crippen LogP contribution >= 0.6 is 11.3 Å². The molecule has 1 N–H and O–H groups in total. The van der Waals surface area contributed by atoms with E-state index in [0.29, 0.717) is 22.1 Å². The van der Waals surface area contributed by atoms with E-state index in [1.165, 1.54) is 17.0 Å². The molecule has 0 atom stereocenters. The van der Waals surface area contributed by atoms with Crippen molar-refractivity contribution in [3.8, 4) is 11.5 Å². The molecule has 2 aromatic carbocycles. The summed E-state index contributed by atoms with van der Waals surface area (Å²) >= 11 is 1.38. The van der Waals surface area contributed by atoms with Crippen LogP contribution in [0.3, 0.4) is 0 Å². The second kappa shape index (κ2) is 9.79. The summed E-state index contributed by atoms with van der Waals surface area (Å²) in [6, 6.07) is 15.8. The van der Waals surface area contributed by atoms with Crippen molar-refractivity contribution in [2.45, 2.75) is 6.92 Å². The third-order valence-corrected chi connectivity index (χ3v) is 7.47. The van der Waals surface area contributed by atoms with Gasteiger partial charge in [-0.25, -0.2) is 9.97 Å². The Kier molecular flexibility index (Phi) is 6.41. The summed E-state index contributed by atoms with van der Waals surface area (Å²) in [6.45, 7) is 5.46. The lowest BCUT2D eigenvalue weighted by atomic mass is 10.1. The number of thiophene rings is 1. The molecule has 8 nitrogen and oxygen atoms in total. The van der Waals surface area contributed by atoms with Crippen molar-refractivity contribution in [3.05, 3.63) is 65.3 Å². The van der Waals surface area contributed by atoms with Crippen molar-refractivity contribution in [3.63, 3.8) is 0 Å². The van der Waals surface area contributed by atoms with Gasteiger partial charge in [0.05, 0.1) is 30.2 Å². The van der Waals surface area contributed by atoms with E-state index >= 15 is 0 Å². The summed E-state index contributed by atoms with van der Waals surface area (Å²) in [5.74, 6) is 1.87. The minimum absolute atomic E-state index is 0.211. The Morgan fingerprint density at radius 1 is 0.971 bits per heavy atom. The second-order valence-corrected chi connectivity index (χ2v) is 9.26. The van der Waals surface area contributed by atoms with Gasteiger partial charge in [-0.3, -0.25) is 4.79 Å². The lowest BCUT2D eigenvalue weighted by molar-refractivity contribution is 0.102. The zero-order valence-electron chi connectivity index (χ0n) is 19.9. The summed E-state index contributed by atoms with van der Waals surface area (Å²) in [6.07, 6.45) is 1.59. The molecule has 9 heteroatoms. The van der Waals surface area contributed by atoms with E-state index in [0.717, 1.165) is 47.8 Å². The molecule has 2 aromatic heterocycles. The molecule has 1 amide bonds. The van der Waals surface area contributed by atoms with Crippen molar-refractivity contribution in [1.82, 2.24) is 9.97 Å². The van der Waals surface area contributed by atoms with Gasteiger partial charge in [0.25, 0.3) is 5.91 Å². The first-order valence-electron chi connectivity index (χ1n) is 11.4. The standard InChI is InChI=1S/C26H27N5O3S/c1-17-22-24(31-13-11-30(12-14-31)18-7-5-4-6-8-18)27-16-28-26(22)35-23(17)25(32)29-20-15-19(33-2)9-10-21(20)34-3/h4-10,15-16H,11-14H2,1-3H3,(H,29,32). The van der Waals surface area contributed by atoms with Gasteiger partial charge in [0.1, 0.15) is 28.5 Å². The monoisotopic (exact) mass is 489 g/mol. The maximum absolute atomic E-state index is 13.3. The predicted molar refractivity (Wildman–Crippen MR) is 141 cm³/mol. The van der Waals surface area contributed by atoms with Gasteiger partial charge >= 0.3 is 0 Å². The number of piperazine rings is 1. The number of anilines is 3. The molecule has 0 unspecified atom stereocenters. The Morgan fingerprint density at radius 3 is 2.43 bits per heavy atom. The number of hydrogen-bond acceptors (Lipinski definition) is 8. The van der Waals surface area contributed by atoms with E-state index in [-0.39, 0.29) is 5.91 Å². The van der Waals surface area contributed by atoms with Crippen molar-refractivity contribution in [1.29, 1.82) is 0 Å². The number of fused-ring (bicyclic) bond motifs is 1. The second-order valence-electron chi connectivity index (χ2n) is 8.26. The van der Waals surface area contributed by atoms with Crippen LogP contribution in [0.25, 0.3) is 10.2 Å². The molecule has 1 aliphatic rings. The van der Waals surface area contributed by atoms with Gasteiger partial charge in [0.2, 0.25) is 0 Å². The minimum Gasteiger partial charge on any atom is -0.497 e. The number of nitrogens with zero attached hydrogens (tertiary/aromatic N) is 4. The van der Waals surface area contributed by atoms with Crippen molar-refractivity contribution < 1.29 is 14.3 Å². The molecule has 5 rings (SSSR count). The summed E-state index contributed by atoms with van der Waals surface area (Å²) in [5.41, 5.74) is 2.67. The van der Waals surface area contributed by atoms with Crippen LogP contribution in [0.5, 0.6) is 11.5 Å². The van der Waals surface area contributed by atoms with E-state index < -0.39 is 0 Å². The van der Waals surface area contributed by atoms with Crippen LogP contribution in [-0.4, -0.2) is 56.3 Å². The fourth-order valence-electron chi connectivity index (χ4n) is 4.42. The number of hydrogen-bond donors (Lipinski definition) is 1. The number of nitrogens with one attached hydrogen (secondary N) is 1. The predicted octanol–water partition coefficient (Wildman–Crippen LogP) is 4.60. The molecule has 1 saturated heterocycles. The summed E-state index contributed by atoms with van der Waals surface area (Å²) < 4.78 is 10.7. The van der Waals surface area contributed by atoms with Crippen molar-refractivity contribution in [2.75, 3.05) is 55.5 Å². The quantitative estimate of drug-likeness (QED) is 0.424. The first-order valence-corrected chi connectivity index (χ1v) is 12.2. The highest BCUT2D eigenvalue weighted by Crippen LogP contribution is 2.37. The summed E-state index contributed by atoms with van der Waals surface area (Å²) in [7, 11) is 3.16. The SMILES string of the molecule is COc1ccc(OC)c(NC(=O)c2sc3ncnc(N4CCN(c5ccccc5)CC4)c3c2C)c1. The van der Waals surface area contributed by atoms with Crippen LogP contribution in [0.2, 0.25) is 0 Å². The molecule has 180 valence electrons. The fourth-order valence-corrected chi connectivity index (χ4v) is 5.45. The van der Waals surface area contributed by atoms with Crippen LogP contribution in [0, 0.1) is 6.92 Å². The Bertz CT molecular complexity index is 1350. The maximum atomic E-state index is 13.3. The van der Waals surface area contributed by atoms with E-state index in [1.54, 1.807) is 38.7 Å². The zero-order chi connectivity index (χ0) is 24.4. The molecule has 0 spiro atoms. The van der Waals surface area contributed by atoms with Crippen LogP contribution in [-0.2, 0) is 0 Å². The first kappa shape index (κ1) is 22.9. The van der Waals surface area contributed by atoms with Crippen LogP contribution in [0.4, 0.5) is 17.2 Å². The molecule has 0 bridgehead atoms. The third-order valence-electron chi connectivity index (χ3n) is 6.27. The Hall–Kier alpha value is -3.85. The molecule has 35 heavy (non-hydrogen) atoms. The van der Waals surface area contributed by atoms with Crippen molar-refractivity contribution in [2.24, 2.45) is 0 Å². The average Bonchev–Trinajstić information content (AvgIpc) is 3.26. The molecule has 0 saturated carbocycles. The van der Waals surface area contributed by atoms with Gasteiger partial charge < -0.3 is 24.6 Å². The number of carbonyl (C=O) groups is 1. The van der Waals surface area contributed by atoms with E-state index in [4.69, 9.17) is 9.47 Å². The van der Waals surface area contributed by atoms with Gasteiger partial charge in [0.15, 0.2) is 0 Å². The molecule has 0 aliphatic carbocycles. The van der Waals surface area contributed by atoms with E-state index in [1.807, 2.05) is 13.0 Å². The molecule has 3 heterocycles. The van der Waals surface area contributed by atoms with Gasteiger partial charge in [-0.2, -0.15) is 0 Å². The lowest BCUT2D eigenvalue weighted by Gasteiger charge is -2.37. The topological polar surface area (TPSA) is 79.8 Å². The fraction of sp³-hybridized carbons (Fsp3) is 0.269. The number of para-hydroxylation sites is 1. The van der Waals surface area contributed by atoms with Gasteiger partial charge in [-0.15, -0.1) is 11.3 Å². The first-order chi connectivity index (χ1) is 17.1. The molecular weight excluding hydrogens is 462 g/mol. The Labute approximate surface area is 208 Å². The highest BCUT2D eigenvalue weighted by Gasteiger charge is 2.25. The molecule has 4 aromatic rings. The number of amides is 1. The van der Waals surface area contributed by atoms with Crippen molar-refractivity contribution >= 4 is 44.7 Å². The van der Waals surface area contributed by atoms with Gasteiger partial charge in [-0.1, -0.05) is 18.2 Å². The Balaban J connectivity index is 1.40. The van der Waals surface area contributed by atoms with Crippen LogP contribution < -0.4 is 24.6 Å².